The first-order valence-electron chi connectivity index (χ1n) is 9.32. The fraction of sp³-hybridized carbons (Fsp3) is 0.895. The summed E-state index contributed by atoms with van der Waals surface area (Å²) in [5.41, 5.74) is 0. The number of ether oxygens (including phenoxy) is 2. The highest BCUT2D eigenvalue weighted by atomic mass is 19.1. The first-order chi connectivity index (χ1) is 10.8. The fourth-order valence-electron chi connectivity index (χ4n) is 3.86. The van der Waals surface area contributed by atoms with Gasteiger partial charge >= 0.3 is 0 Å². The van der Waals surface area contributed by atoms with Gasteiger partial charge < -0.3 is 9.47 Å². The van der Waals surface area contributed by atoms with Crippen LogP contribution in [0.15, 0.2) is 12.2 Å². The second kappa shape index (κ2) is 9.67. The molecule has 0 amide bonds. The van der Waals surface area contributed by atoms with E-state index in [4.69, 9.17) is 9.47 Å². The van der Waals surface area contributed by atoms with Crippen LogP contribution in [0, 0.1) is 11.8 Å². The van der Waals surface area contributed by atoms with E-state index < -0.39 is 6.17 Å². The first-order valence-corrected chi connectivity index (χ1v) is 9.32. The molecule has 0 bridgehead atoms. The Hall–Kier alpha value is -0.410. The molecule has 2 fully saturated rings. The molecule has 2 rings (SSSR count). The topological polar surface area (TPSA) is 18.5 Å². The lowest BCUT2D eigenvalue weighted by atomic mass is 9.88. The van der Waals surface area contributed by atoms with Gasteiger partial charge in [-0.25, -0.2) is 4.39 Å². The molecule has 0 aromatic carbocycles. The average Bonchev–Trinajstić information content (AvgIpc) is 2.83. The van der Waals surface area contributed by atoms with Crippen molar-refractivity contribution in [2.45, 2.75) is 90.2 Å². The minimum Gasteiger partial charge on any atom is -0.353 e. The predicted molar refractivity (Wildman–Crippen MR) is 88.5 cm³/mol. The lowest BCUT2D eigenvalue weighted by Gasteiger charge is -2.29. The van der Waals surface area contributed by atoms with Crippen molar-refractivity contribution in [3.8, 4) is 0 Å². The summed E-state index contributed by atoms with van der Waals surface area (Å²) in [4.78, 5) is 0. The van der Waals surface area contributed by atoms with Crippen molar-refractivity contribution >= 4 is 0 Å². The van der Waals surface area contributed by atoms with E-state index in [0.29, 0.717) is 12.3 Å². The largest absolute Gasteiger partial charge is 0.353 e. The summed E-state index contributed by atoms with van der Waals surface area (Å²) in [6.45, 7) is 5.10. The molecule has 0 N–H and O–H groups in total. The third-order valence-corrected chi connectivity index (χ3v) is 5.18. The zero-order valence-corrected chi connectivity index (χ0v) is 14.3. The monoisotopic (exact) mass is 312 g/mol. The maximum absolute atomic E-state index is 14.3. The van der Waals surface area contributed by atoms with Gasteiger partial charge in [0.2, 0.25) is 0 Å². The third kappa shape index (κ3) is 5.06. The molecular weight excluding hydrogens is 279 g/mol. The number of unbranched alkanes of at least 4 members (excludes halogenated alkanes) is 2. The average molecular weight is 312 g/mol. The Bertz CT molecular complexity index is 325. The lowest BCUT2D eigenvalue weighted by molar-refractivity contribution is -0.195. The van der Waals surface area contributed by atoms with Crippen LogP contribution in [0.3, 0.4) is 0 Å². The van der Waals surface area contributed by atoms with E-state index in [0.717, 1.165) is 45.1 Å². The Balaban J connectivity index is 1.88. The number of alkyl halides is 1. The Labute approximate surface area is 135 Å². The highest BCUT2D eigenvalue weighted by Gasteiger charge is 2.43. The van der Waals surface area contributed by atoms with Crippen molar-refractivity contribution < 1.29 is 13.9 Å². The van der Waals surface area contributed by atoms with Gasteiger partial charge in [0.25, 0.3) is 0 Å². The van der Waals surface area contributed by atoms with Crippen molar-refractivity contribution in [2.75, 3.05) is 6.61 Å². The highest BCUT2D eigenvalue weighted by Crippen LogP contribution is 2.41. The van der Waals surface area contributed by atoms with Crippen LogP contribution in [0.1, 0.15) is 71.6 Å². The molecular formula is C19H33FO2. The summed E-state index contributed by atoms with van der Waals surface area (Å²) in [6.07, 6.45) is 13.0. The number of hydrogen-bond acceptors (Lipinski definition) is 2. The van der Waals surface area contributed by atoms with E-state index in [1.54, 1.807) is 0 Å². The zero-order valence-electron chi connectivity index (χ0n) is 14.3. The summed E-state index contributed by atoms with van der Waals surface area (Å²) >= 11 is 0. The molecule has 0 aromatic rings. The number of halogens is 1. The van der Waals surface area contributed by atoms with Crippen LogP contribution >= 0.6 is 0 Å². The van der Waals surface area contributed by atoms with E-state index in [1.807, 2.05) is 0 Å². The molecule has 128 valence electrons. The standard InChI is InChI=1S/C19H33FO2/c1-3-5-6-7-8-11-16-15(4-2)17(20)14-18(16)22-19-12-9-10-13-21-19/h7-8,15-19H,3-6,9-14H2,1-2H3/b8-7-/t15-,16-,17+,18+,19?/m1/s1. The van der Waals surface area contributed by atoms with Gasteiger partial charge in [0.05, 0.1) is 6.10 Å². The van der Waals surface area contributed by atoms with Gasteiger partial charge in [0, 0.05) is 13.0 Å². The molecule has 2 nitrogen and oxygen atoms in total. The van der Waals surface area contributed by atoms with Gasteiger partial charge in [-0.05, 0) is 43.9 Å². The Morgan fingerprint density at radius 1 is 1.18 bits per heavy atom. The van der Waals surface area contributed by atoms with E-state index >= 15 is 0 Å². The number of hydrogen-bond donors (Lipinski definition) is 0. The summed E-state index contributed by atoms with van der Waals surface area (Å²) in [5.74, 6) is 0.452. The van der Waals surface area contributed by atoms with Gasteiger partial charge in [-0.1, -0.05) is 45.3 Å². The summed E-state index contributed by atoms with van der Waals surface area (Å²) < 4.78 is 26.2. The summed E-state index contributed by atoms with van der Waals surface area (Å²) in [5, 5.41) is 0. The second-order valence-corrected chi connectivity index (χ2v) is 6.81. The first kappa shape index (κ1) is 17.9. The van der Waals surface area contributed by atoms with Crippen LogP contribution < -0.4 is 0 Å². The normalized spacial score (nSPS) is 36.2. The lowest BCUT2D eigenvalue weighted by Crippen LogP contribution is -2.31. The molecule has 1 saturated heterocycles. The highest BCUT2D eigenvalue weighted by molar-refractivity contribution is 4.96. The van der Waals surface area contributed by atoms with Crippen LogP contribution in [0.2, 0.25) is 0 Å². The Morgan fingerprint density at radius 2 is 2.05 bits per heavy atom. The molecule has 0 spiro atoms. The molecule has 1 unspecified atom stereocenters. The minimum absolute atomic E-state index is 0.0267. The molecule has 22 heavy (non-hydrogen) atoms. The van der Waals surface area contributed by atoms with E-state index in [-0.39, 0.29) is 18.3 Å². The molecule has 1 aliphatic heterocycles. The van der Waals surface area contributed by atoms with Crippen LogP contribution in [-0.2, 0) is 9.47 Å². The second-order valence-electron chi connectivity index (χ2n) is 6.81. The van der Waals surface area contributed by atoms with Crippen LogP contribution in [0.4, 0.5) is 4.39 Å². The summed E-state index contributed by atoms with van der Waals surface area (Å²) in [6, 6.07) is 0. The third-order valence-electron chi connectivity index (χ3n) is 5.18. The van der Waals surface area contributed by atoms with Crippen LogP contribution in [-0.4, -0.2) is 25.2 Å². The van der Waals surface area contributed by atoms with Crippen molar-refractivity contribution in [3.05, 3.63) is 12.2 Å². The molecule has 1 aliphatic carbocycles. The smallest absolute Gasteiger partial charge is 0.157 e. The zero-order chi connectivity index (χ0) is 15.8. The quantitative estimate of drug-likeness (QED) is 0.440. The molecule has 3 heteroatoms. The molecule has 5 atom stereocenters. The molecule has 0 aromatic heterocycles. The molecule has 2 aliphatic rings. The van der Waals surface area contributed by atoms with Gasteiger partial charge in [-0.15, -0.1) is 0 Å². The molecule has 1 heterocycles. The van der Waals surface area contributed by atoms with Gasteiger partial charge in [-0.3, -0.25) is 0 Å². The SMILES string of the molecule is CCCC/C=C\C[C@@H]1[C@@H](CC)[C@@H](F)C[C@@H]1OC1CCCCO1. The van der Waals surface area contributed by atoms with Gasteiger partial charge in [0.1, 0.15) is 6.17 Å². The maximum atomic E-state index is 14.3. The van der Waals surface area contributed by atoms with E-state index in [1.165, 1.54) is 12.8 Å². The van der Waals surface area contributed by atoms with Crippen molar-refractivity contribution in [1.82, 2.24) is 0 Å². The van der Waals surface area contributed by atoms with Crippen molar-refractivity contribution in [3.63, 3.8) is 0 Å². The molecule has 1 saturated carbocycles. The fourth-order valence-corrected chi connectivity index (χ4v) is 3.86. The predicted octanol–water partition coefficient (Wildman–Crippen LogP) is 5.42. The summed E-state index contributed by atoms with van der Waals surface area (Å²) in [7, 11) is 0. The minimum atomic E-state index is -0.715. The maximum Gasteiger partial charge on any atom is 0.157 e. The van der Waals surface area contributed by atoms with Gasteiger partial charge in [-0.2, -0.15) is 0 Å². The van der Waals surface area contributed by atoms with Crippen molar-refractivity contribution in [1.29, 1.82) is 0 Å². The van der Waals surface area contributed by atoms with Crippen molar-refractivity contribution in [2.24, 2.45) is 11.8 Å². The van der Waals surface area contributed by atoms with Crippen LogP contribution in [0.5, 0.6) is 0 Å². The number of rotatable bonds is 8. The van der Waals surface area contributed by atoms with Crippen LogP contribution in [0.25, 0.3) is 0 Å². The van der Waals surface area contributed by atoms with E-state index in [2.05, 4.69) is 26.0 Å². The molecule has 0 radical (unpaired) electrons. The number of allylic oxidation sites excluding steroid dienone is 2. The Morgan fingerprint density at radius 3 is 2.73 bits per heavy atom. The van der Waals surface area contributed by atoms with E-state index in [9.17, 15) is 4.39 Å². The Kier molecular flexibility index (Phi) is 7.88. The van der Waals surface area contributed by atoms with Gasteiger partial charge in [0.15, 0.2) is 6.29 Å².